The van der Waals surface area contributed by atoms with Gasteiger partial charge in [-0.1, -0.05) is 116 Å². The fourth-order valence-electron chi connectivity index (χ4n) is 19.9. The lowest BCUT2D eigenvalue weighted by molar-refractivity contribution is -0.129. The number of nitrogens with zero attached hydrogens (tertiary/aromatic N) is 21. The standard InChI is InChI=1S/C33H39N7O2.C32H36ClN7O2.C32H36FN7O2.3H2S/c1-4-30(41)40-19-18-39(20-25(40)13-15-34)32-27-14-17-38(29-12-6-10-24-9-5-8-23(2)31(24)29)21-28(27)35-33(36-32)42-22-26-11-7-16-37(26)3;1-3-29(41)40-18-17-39(19-23(40)12-14-34)31-25-13-16-38(28-11-5-8-22-7-4-10-26(33)30(22)28)20-27(25)35-32(36-31)42-21-24-9-6-15-37(24)2;1-3-29(41)40-18-17-39(19-23(40)12-14-34)31-26-13-16-38(30-25-9-5-4-7-22(25)10-11-27(30)33)20-28(26)35-32(36-31)42-21-24-8-6-15-37(24)2;;;/h4-6,8-10,12,25-26H,1,7,11,13-14,16-22H2,2-3H3;3-5,7-8,10-11,23-24H,1,6,9,12-13,15-21H2,2H3;3-5,7,9-11,23-24H,1,6,8,12-13,15-21H2,2H3;3*1H2/t25?,26-;2*23?,24-;;;/m000.../s1. The van der Waals surface area contributed by atoms with Gasteiger partial charge in [-0.15, -0.1) is 0 Å². The van der Waals surface area contributed by atoms with E-state index >= 15 is 4.39 Å². The summed E-state index contributed by atoms with van der Waals surface area (Å²) in [4.78, 5) is 92.9. The van der Waals surface area contributed by atoms with Crippen LogP contribution in [0.15, 0.2) is 147 Å². The quantitative estimate of drug-likeness (QED) is 0.0605. The number of rotatable bonds is 21. The van der Waals surface area contributed by atoms with Gasteiger partial charge in [0.15, 0.2) is 0 Å². The number of ether oxygens (including phenoxy) is 3. The highest BCUT2D eigenvalue weighted by Crippen LogP contribution is 2.42. The summed E-state index contributed by atoms with van der Waals surface area (Å²) in [5.74, 6) is 1.79. The molecular weight excluding hydrogens is 1710 g/mol. The Kier molecular flexibility index (Phi) is 32.1. The Bertz CT molecular complexity index is 5480. The number of carbonyl (C=O) groups is 3. The minimum Gasteiger partial charge on any atom is -0.462 e. The van der Waals surface area contributed by atoms with Gasteiger partial charge >= 0.3 is 18.0 Å². The van der Waals surface area contributed by atoms with Crippen molar-refractivity contribution in [1.29, 1.82) is 15.8 Å². The third-order valence-corrected chi connectivity index (χ3v) is 27.1. The first-order chi connectivity index (χ1) is 61.4. The second kappa shape index (κ2) is 43.5. The zero-order valence-electron chi connectivity index (χ0n) is 74.1. The van der Waals surface area contributed by atoms with Crippen molar-refractivity contribution in [3.63, 3.8) is 0 Å². The van der Waals surface area contributed by atoms with Gasteiger partial charge in [-0.2, -0.15) is 86.2 Å². The molecule has 6 fully saturated rings. The van der Waals surface area contributed by atoms with E-state index in [4.69, 9.17) is 55.7 Å². The summed E-state index contributed by atoms with van der Waals surface area (Å²) >= 11 is 6.69. The molecule has 678 valence electrons. The normalized spacial score (nSPS) is 20.3. The van der Waals surface area contributed by atoms with Gasteiger partial charge in [0.2, 0.25) is 17.7 Å². The Balaban J connectivity index is 0.000000163. The number of piperazine rings is 3. The van der Waals surface area contributed by atoms with Gasteiger partial charge in [0, 0.05) is 141 Å². The van der Waals surface area contributed by atoms with E-state index in [2.05, 4.69) is 171 Å². The van der Waals surface area contributed by atoms with Crippen molar-refractivity contribution in [2.75, 3.05) is 169 Å². The smallest absolute Gasteiger partial charge is 0.318 e. The van der Waals surface area contributed by atoms with Gasteiger partial charge in [0.1, 0.15) is 43.1 Å². The Morgan fingerprint density at radius 2 is 0.798 bits per heavy atom. The first kappa shape index (κ1) is 95.4. The van der Waals surface area contributed by atoms with Gasteiger partial charge in [-0.05, 0) is 170 Å². The summed E-state index contributed by atoms with van der Waals surface area (Å²) in [6.07, 6.45) is 13.6. The highest BCUT2D eigenvalue weighted by molar-refractivity contribution is 7.59. The van der Waals surface area contributed by atoms with Crippen LogP contribution in [-0.2, 0) is 53.3 Å². The number of likely N-dealkylation sites (N-methyl/N-ethyl adjacent to an activating group) is 3. The fraction of sp³-hybridized carbons (Fsp3) is 0.443. The van der Waals surface area contributed by atoms with Crippen molar-refractivity contribution in [3.8, 4) is 36.2 Å². The summed E-state index contributed by atoms with van der Waals surface area (Å²) in [5, 5.41) is 35.8. The Labute approximate surface area is 781 Å². The lowest BCUT2D eigenvalue weighted by atomic mass is 9.99. The number of nitriles is 3. The first-order valence-electron chi connectivity index (χ1n) is 44.3. The van der Waals surface area contributed by atoms with Crippen molar-refractivity contribution >= 4 is 137 Å². The monoisotopic (exact) mass is 1820 g/mol. The van der Waals surface area contributed by atoms with Crippen LogP contribution in [0.2, 0.25) is 5.02 Å². The molecule has 32 heteroatoms. The molecule has 27 nitrogen and oxygen atoms in total. The van der Waals surface area contributed by atoms with Gasteiger partial charge < -0.3 is 73.0 Å². The minimum atomic E-state index is -0.277. The maximum Gasteiger partial charge on any atom is 0.318 e. The zero-order chi connectivity index (χ0) is 87.6. The second-order valence-corrected chi connectivity index (χ2v) is 34.7. The molecule has 6 saturated heterocycles. The van der Waals surface area contributed by atoms with Crippen LogP contribution in [0, 0.1) is 46.7 Å². The maximum absolute atomic E-state index is 15.3. The van der Waals surface area contributed by atoms with Crippen LogP contribution in [0.3, 0.4) is 0 Å². The Morgan fingerprint density at radius 3 is 1.19 bits per heavy atom. The summed E-state index contributed by atoms with van der Waals surface area (Å²) in [5.41, 5.74) is 10.1. The number of benzene rings is 6. The van der Waals surface area contributed by atoms with Crippen LogP contribution in [0.25, 0.3) is 32.3 Å². The topological polar surface area (TPSA) is 266 Å². The lowest BCUT2D eigenvalue weighted by Crippen LogP contribution is -2.55. The van der Waals surface area contributed by atoms with E-state index in [9.17, 15) is 30.2 Å². The molecule has 9 aliphatic heterocycles. The number of amides is 3. The molecule has 0 N–H and O–H groups in total. The van der Waals surface area contributed by atoms with Crippen molar-refractivity contribution in [1.82, 2.24) is 59.3 Å². The fourth-order valence-corrected chi connectivity index (χ4v) is 20.2. The molecular formula is C97H117ClFN21O6S3. The molecule has 9 aliphatic rings. The zero-order valence-corrected chi connectivity index (χ0v) is 77.9. The van der Waals surface area contributed by atoms with Crippen molar-refractivity contribution in [3.05, 3.63) is 197 Å². The highest BCUT2D eigenvalue weighted by atomic mass is 35.5. The molecule has 6 aromatic carbocycles. The molecule has 3 unspecified atom stereocenters. The third kappa shape index (κ3) is 21.0. The number of hydrogen-bond acceptors (Lipinski definition) is 24. The van der Waals surface area contributed by atoms with Crippen LogP contribution < -0.4 is 43.6 Å². The molecule has 129 heavy (non-hydrogen) atoms. The number of carbonyl (C=O) groups excluding carboxylic acids is 3. The van der Waals surface area contributed by atoms with Gasteiger partial charge in [-0.25, -0.2) is 4.39 Å². The van der Waals surface area contributed by atoms with Gasteiger partial charge in [-0.3, -0.25) is 14.4 Å². The van der Waals surface area contributed by atoms with Crippen LogP contribution in [0.1, 0.15) is 97.1 Å². The largest absolute Gasteiger partial charge is 0.462 e. The lowest BCUT2D eigenvalue weighted by Gasteiger charge is -2.42. The molecule has 0 radical (unpaired) electrons. The molecule has 0 aliphatic carbocycles. The SMILES string of the molecule is C=CC(=O)N1CCN(c2nc(OC[C@@H]3CCCN3C)nc3c2CCN(c2c(F)ccc4ccccc24)C3)CC1CC#N.C=CC(=O)N1CCN(c2nc(OC[C@@H]3CCCN3C)nc3c2CCN(c2cccc4cccc(C)c24)C3)CC1CC#N.C=CC(=O)N1CCN(c2nc(OC[C@@H]3CCCN3C)nc3c2CCN(c2cccc4cccc(Cl)c24)C3)CC1CC#N.S.S.S. The molecule has 6 atom stereocenters. The number of halogens is 2. The van der Waals surface area contributed by atoms with E-state index in [0.717, 1.165) is 161 Å². The van der Waals surface area contributed by atoms with Crippen molar-refractivity contribution in [2.24, 2.45) is 0 Å². The number of aromatic nitrogens is 6. The van der Waals surface area contributed by atoms with Crippen molar-refractivity contribution < 1.29 is 33.0 Å². The molecule has 3 amide bonds. The average molecular weight is 1820 g/mol. The first-order valence-corrected chi connectivity index (χ1v) is 44.7. The van der Waals surface area contributed by atoms with Crippen LogP contribution >= 0.6 is 52.1 Å². The van der Waals surface area contributed by atoms with Gasteiger partial charge in [0.05, 0.1) is 103 Å². The molecule has 0 spiro atoms. The maximum atomic E-state index is 15.3. The Hall–Kier alpha value is -11.2. The predicted octanol–water partition coefficient (Wildman–Crippen LogP) is 12.8. The van der Waals surface area contributed by atoms with Gasteiger partial charge in [0.25, 0.3) is 0 Å². The number of anilines is 6. The van der Waals surface area contributed by atoms with Crippen LogP contribution in [0.4, 0.5) is 38.9 Å². The van der Waals surface area contributed by atoms with E-state index in [0.29, 0.717) is 153 Å². The number of aryl methyl sites for hydroxylation is 1. The highest BCUT2D eigenvalue weighted by Gasteiger charge is 2.40. The minimum absolute atomic E-state index is 0. The van der Waals surface area contributed by atoms with Crippen LogP contribution in [0.5, 0.6) is 18.0 Å². The summed E-state index contributed by atoms with van der Waals surface area (Å²) in [6.45, 7) is 26.6. The van der Waals surface area contributed by atoms with E-state index < -0.39 is 0 Å². The number of hydrogen-bond donors (Lipinski definition) is 0. The number of likely N-dealkylation sites (tertiary alicyclic amines) is 3. The number of fused-ring (bicyclic) bond motifs is 6. The summed E-state index contributed by atoms with van der Waals surface area (Å²) < 4.78 is 34.1. The predicted molar refractivity (Wildman–Crippen MR) is 521 cm³/mol. The molecule has 0 saturated carbocycles. The molecule has 9 aromatic rings. The molecule has 12 heterocycles. The Morgan fingerprint density at radius 1 is 0.434 bits per heavy atom. The second-order valence-electron chi connectivity index (χ2n) is 34.3. The summed E-state index contributed by atoms with van der Waals surface area (Å²) in [7, 11) is 6.38. The summed E-state index contributed by atoms with van der Waals surface area (Å²) in [6, 6.07) is 44.5. The molecule has 3 aromatic heterocycles. The van der Waals surface area contributed by atoms with E-state index in [1.165, 1.54) is 52.7 Å². The van der Waals surface area contributed by atoms with E-state index in [1.807, 2.05) is 42.5 Å². The third-order valence-electron chi connectivity index (χ3n) is 26.8. The van der Waals surface area contributed by atoms with E-state index in [-0.39, 0.29) is 101 Å². The van der Waals surface area contributed by atoms with Crippen molar-refractivity contribution in [2.45, 2.75) is 140 Å². The average Bonchev–Trinajstić information content (AvgIpc) is 1.10. The molecule has 0 bridgehead atoms. The molecule has 18 rings (SSSR count). The van der Waals surface area contributed by atoms with Crippen LogP contribution in [-0.4, -0.2) is 252 Å². The van der Waals surface area contributed by atoms with E-state index in [1.54, 1.807) is 14.7 Å².